The molecule has 3 aromatic rings. The van der Waals surface area contributed by atoms with Crippen LogP contribution in [-0.4, -0.2) is 6.71 Å². The zero-order chi connectivity index (χ0) is 17.5. The van der Waals surface area contributed by atoms with Gasteiger partial charge in [0.15, 0.2) is 6.71 Å². The fourth-order valence-corrected chi connectivity index (χ4v) is 4.07. The molecule has 0 unspecified atom stereocenters. The summed E-state index contributed by atoms with van der Waals surface area (Å²) in [6, 6.07) is 26.3. The van der Waals surface area contributed by atoms with Crippen molar-refractivity contribution in [3.63, 3.8) is 0 Å². The minimum Gasteiger partial charge on any atom is -0.110 e. The zero-order valence-corrected chi connectivity index (χ0v) is 14.8. The first-order chi connectivity index (χ1) is 12.8. The van der Waals surface area contributed by atoms with Gasteiger partial charge in [0, 0.05) is 0 Å². The van der Waals surface area contributed by atoms with E-state index in [1.54, 1.807) is 0 Å². The van der Waals surface area contributed by atoms with E-state index in [-0.39, 0.29) is 0 Å². The summed E-state index contributed by atoms with van der Waals surface area (Å²) < 4.78 is 0. The van der Waals surface area contributed by atoms with Gasteiger partial charge in [-0.1, -0.05) is 91.8 Å². The molecule has 0 radical (unpaired) electrons. The SMILES string of the molecule is CB1C=CC2=C(C=C1)c1ccccc1-c1ccccc1-c1ccccc12. The smallest absolute Gasteiger partial charge is 0.110 e. The van der Waals surface area contributed by atoms with Gasteiger partial charge in [0.2, 0.25) is 0 Å². The van der Waals surface area contributed by atoms with E-state index in [9.17, 15) is 0 Å². The Labute approximate surface area is 155 Å². The van der Waals surface area contributed by atoms with E-state index < -0.39 is 0 Å². The first-order valence-corrected chi connectivity index (χ1v) is 9.22. The van der Waals surface area contributed by atoms with E-state index in [4.69, 9.17) is 0 Å². The molecule has 0 atom stereocenters. The van der Waals surface area contributed by atoms with Crippen LogP contribution in [0.15, 0.2) is 96.9 Å². The first kappa shape index (κ1) is 15.2. The summed E-state index contributed by atoms with van der Waals surface area (Å²) in [5.41, 5.74) is 10.4. The highest BCUT2D eigenvalue weighted by atomic mass is 14.2. The Bertz CT molecular complexity index is 1010. The average Bonchev–Trinajstić information content (AvgIpc) is 2.88. The number of rotatable bonds is 0. The number of hydrogen-bond donors (Lipinski definition) is 0. The lowest BCUT2D eigenvalue weighted by molar-refractivity contribution is 1.51. The van der Waals surface area contributed by atoms with Gasteiger partial charge in [-0.05, 0) is 44.5 Å². The van der Waals surface area contributed by atoms with Crippen LogP contribution in [0.4, 0.5) is 0 Å². The largest absolute Gasteiger partial charge is 0.189 e. The molecule has 0 aromatic heterocycles. The molecular formula is C25H19B. The van der Waals surface area contributed by atoms with Gasteiger partial charge in [0.1, 0.15) is 0 Å². The first-order valence-electron chi connectivity index (χ1n) is 9.22. The Morgan fingerprint density at radius 1 is 0.462 bits per heavy atom. The van der Waals surface area contributed by atoms with Crippen LogP contribution in [0.1, 0.15) is 11.1 Å². The van der Waals surface area contributed by atoms with Crippen molar-refractivity contribution >= 4 is 17.9 Å². The molecule has 0 spiro atoms. The minimum atomic E-state index is 0.435. The molecule has 2 aliphatic rings. The molecule has 0 N–H and O–H groups in total. The zero-order valence-electron chi connectivity index (χ0n) is 14.8. The number of hydrogen-bond acceptors (Lipinski definition) is 0. The number of allylic oxidation sites excluding steroid dienone is 4. The van der Waals surface area contributed by atoms with Crippen LogP contribution >= 0.6 is 0 Å². The predicted octanol–water partition coefficient (Wildman–Crippen LogP) is 6.57. The molecule has 1 heterocycles. The Kier molecular flexibility index (Phi) is 3.53. The van der Waals surface area contributed by atoms with Crippen molar-refractivity contribution in [2.45, 2.75) is 6.82 Å². The van der Waals surface area contributed by atoms with E-state index in [2.05, 4.69) is 104 Å². The summed E-state index contributed by atoms with van der Waals surface area (Å²) in [6.45, 7) is 2.67. The average molecular weight is 330 g/mol. The molecule has 1 heteroatoms. The Hall–Kier alpha value is -3.06. The highest BCUT2D eigenvalue weighted by Gasteiger charge is 2.22. The third kappa shape index (κ3) is 2.32. The van der Waals surface area contributed by atoms with Gasteiger partial charge >= 0.3 is 0 Å². The van der Waals surface area contributed by atoms with Gasteiger partial charge in [-0.25, -0.2) is 0 Å². The highest BCUT2D eigenvalue weighted by Crippen LogP contribution is 2.45. The van der Waals surface area contributed by atoms with Crippen molar-refractivity contribution in [2.75, 3.05) is 0 Å². The van der Waals surface area contributed by atoms with Crippen molar-refractivity contribution in [1.29, 1.82) is 0 Å². The van der Waals surface area contributed by atoms with E-state index in [0.717, 1.165) is 0 Å². The van der Waals surface area contributed by atoms with Crippen LogP contribution in [0.2, 0.25) is 6.82 Å². The van der Waals surface area contributed by atoms with Crippen LogP contribution in [0, 0.1) is 0 Å². The molecule has 1 aliphatic heterocycles. The van der Waals surface area contributed by atoms with Crippen molar-refractivity contribution in [3.8, 4) is 22.3 Å². The number of benzene rings is 3. The lowest BCUT2D eigenvalue weighted by atomic mass is 9.52. The Balaban J connectivity index is 1.97. The Morgan fingerprint density at radius 2 is 0.769 bits per heavy atom. The quantitative estimate of drug-likeness (QED) is 0.409. The number of fused-ring (bicyclic) bond motifs is 7. The molecule has 1 aliphatic carbocycles. The lowest BCUT2D eigenvalue weighted by Gasteiger charge is -2.23. The molecule has 0 saturated heterocycles. The fourth-order valence-electron chi connectivity index (χ4n) is 4.07. The van der Waals surface area contributed by atoms with Crippen LogP contribution in [0.25, 0.3) is 33.4 Å². The van der Waals surface area contributed by atoms with Gasteiger partial charge in [0.25, 0.3) is 0 Å². The second-order valence-electron chi connectivity index (χ2n) is 7.04. The van der Waals surface area contributed by atoms with Crippen molar-refractivity contribution < 1.29 is 0 Å². The topological polar surface area (TPSA) is 0 Å². The molecule has 0 amide bonds. The molecular weight excluding hydrogens is 311 g/mol. The molecule has 26 heavy (non-hydrogen) atoms. The van der Waals surface area contributed by atoms with E-state index in [0.29, 0.717) is 6.71 Å². The summed E-state index contributed by atoms with van der Waals surface area (Å²) in [5.74, 6) is 4.59. The second-order valence-corrected chi connectivity index (χ2v) is 7.04. The summed E-state index contributed by atoms with van der Waals surface area (Å²) in [6.07, 6.45) is 4.62. The molecule has 0 nitrogen and oxygen atoms in total. The molecule has 0 bridgehead atoms. The lowest BCUT2D eigenvalue weighted by Crippen LogP contribution is -1.99. The van der Waals surface area contributed by atoms with E-state index >= 15 is 0 Å². The molecule has 0 saturated carbocycles. The van der Waals surface area contributed by atoms with Crippen molar-refractivity contribution in [1.82, 2.24) is 0 Å². The second kappa shape index (κ2) is 6.03. The van der Waals surface area contributed by atoms with Crippen molar-refractivity contribution in [2.24, 2.45) is 0 Å². The van der Waals surface area contributed by atoms with Gasteiger partial charge in [-0.2, -0.15) is 0 Å². The minimum absolute atomic E-state index is 0.435. The molecule has 3 aromatic carbocycles. The van der Waals surface area contributed by atoms with Crippen molar-refractivity contribution in [3.05, 3.63) is 108 Å². The van der Waals surface area contributed by atoms with Gasteiger partial charge in [0.05, 0.1) is 0 Å². The van der Waals surface area contributed by atoms with Gasteiger partial charge < -0.3 is 0 Å². The normalized spacial score (nSPS) is 14.6. The van der Waals surface area contributed by atoms with Crippen LogP contribution in [0.5, 0.6) is 0 Å². The van der Waals surface area contributed by atoms with Crippen LogP contribution in [0.3, 0.4) is 0 Å². The monoisotopic (exact) mass is 330 g/mol. The third-order valence-corrected chi connectivity index (χ3v) is 5.36. The molecule has 0 fully saturated rings. The van der Waals surface area contributed by atoms with Crippen LogP contribution < -0.4 is 0 Å². The maximum atomic E-state index is 2.31. The molecule has 5 rings (SSSR count). The molecule has 122 valence electrons. The van der Waals surface area contributed by atoms with Crippen LogP contribution in [-0.2, 0) is 0 Å². The Morgan fingerprint density at radius 3 is 1.15 bits per heavy atom. The highest BCUT2D eigenvalue weighted by molar-refractivity contribution is 6.68. The summed E-state index contributed by atoms with van der Waals surface area (Å²) in [4.78, 5) is 0. The summed E-state index contributed by atoms with van der Waals surface area (Å²) in [5, 5.41) is 0. The van der Waals surface area contributed by atoms with E-state index in [1.807, 2.05) is 0 Å². The fraction of sp³-hybridized carbons (Fsp3) is 0.0400. The van der Waals surface area contributed by atoms with Gasteiger partial charge in [-0.3, -0.25) is 0 Å². The summed E-state index contributed by atoms with van der Waals surface area (Å²) in [7, 11) is 0. The predicted molar refractivity (Wildman–Crippen MR) is 114 cm³/mol. The van der Waals surface area contributed by atoms with E-state index in [1.165, 1.54) is 44.5 Å². The van der Waals surface area contributed by atoms with Gasteiger partial charge in [-0.15, -0.1) is 12.0 Å². The third-order valence-electron chi connectivity index (χ3n) is 5.36. The maximum absolute atomic E-state index is 2.31. The maximum Gasteiger partial charge on any atom is 0.189 e. The summed E-state index contributed by atoms with van der Waals surface area (Å²) >= 11 is 0. The standard InChI is InChI=1S/C25H19B/c1-26-16-14-24-22-12-6-4-10-20(22)18-8-2-3-9-19(18)21-11-5-7-13-23(21)25(24)15-17-26/h2-17H,1H3.